The monoisotopic (exact) mass is 350 g/mol. The van der Waals surface area contributed by atoms with Crippen LogP contribution >= 0.6 is 0 Å². The maximum atomic E-state index is 4.52. The van der Waals surface area contributed by atoms with Gasteiger partial charge in [0.1, 0.15) is 0 Å². The Balaban J connectivity index is 0.000000119. The minimum atomic E-state index is 1.01. The van der Waals surface area contributed by atoms with Crippen molar-refractivity contribution in [1.82, 2.24) is 0 Å². The van der Waals surface area contributed by atoms with E-state index in [2.05, 4.69) is 84.5 Å². The Bertz CT molecular complexity index is 1160. The summed E-state index contributed by atoms with van der Waals surface area (Å²) < 4.78 is 0. The number of hydrogen-bond donors (Lipinski definition) is 0. The first-order chi connectivity index (χ1) is 13.2. The molecule has 1 aliphatic carbocycles. The fourth-order valence-electron chi connectivity index (χ4n) is 4.15. The Labute approximate surface area is 160 Å². The van der Waals surface area contributed by atoms with Crippen molar-refractivity contribution < 1.29 is 0 Å². The van der Waals surface area contributed by atoms with Crippen LogP contribution in [0, 0.1) is 0 Å². The molecule has 0 N–H and O–H groups in total. The molecule has 0 unspecified atom stereocenters. The number of aliphatic imine (C=N–C) groups is 2. The van der Waals surface area contributed by atoms with Crippen LogP contribution in [0.5, 0.6) is 0 Å². The van der Waals surface area contributed by atoms with E-state index in [9.17, 15) is 0 Å². The van der Waals surface area contributed by atoms with Crippen molar-refractivity contribution in [2.75, 3.05) is 0 Å². The van der Waals surface area contributed by atoms with Crippen LogP contribution in [0.25, 0.3) is 16.8 Å². The molecule has 3 aromatic rings. The molecule has 3 aliphatic rings. The Morgan fingerprint density at radius 1 is 0.704 bits per heavy atom. The summed E-state index contributed by atoms with van der Waals surface area (Å²) in [7, 11) is 0. The van der Waals surface area contributed by atoms with E-state index in [1.807, 2.05) is 0 Å². The van der Waals surface area contributed by atoms with E-state index in [-0.39, 0.29) is 0 Å². The molecule has 0 aromatic heterocycles. The highest BCUT2D eigenvalue weighted by atomic mass is 14.8. The quantitative estimate of drug-likeness (QED) is 0.448. The van der Waals surface area contributed by atoms with Gasteiger partial charge in [-0.05, 0) is 71.5 Å². The summed E-state index contributed by atoms with van der Waals surface area (Å²) in [5.41, 5.74) is 10.4. The van der Waals surface area contributed by atoms with E-state index in [0.717, 1.165) is 24.9 Å². The molecule has 27 heavy (non-hydrogen) atoms. The fourth-order valence-corrected chi connectivity index (χ4v) is 4.15. The van der Waals surface area contributed by atoms with Crippen molar-refractivity contribution in [2.24, 2.45) is 9.98 Å². The number of benzene rings is 3. The molecule has 0 radical (unpaired) electrons. The second-order valence-electron chi connectivity index (χ2n) is 7.66. The molecular weight excluding hydrogens is 328 g/mol. The molecule has 0 bridgehead atoms. The third kappa shape index (κ3) is 3.02. The van der Waals surface area contributed by atoms with E-state index in [0.29, 0.717) is 0 Å². The normalized spacial score (nSPS) is 15.6. The predicted molar refractivity (Wildman–Crippen MR) is 116 cm³/mol. The lowest BCUT2D eigenvalue weighted by Crippen LogP contribution is -1.90. The van der Waals surface area contributed by atoms with Gasteiger partial charge in [-0.2, -0.15) is 0 Å². The minimum absolute atomic E-state index is 1.01. The molecule has 2 nitrogen and oxygen atoms in total. The molecule has 0 fully saturated rings. The maximum Gasteiger partial charge on any atom is 0.0671 e. The smallest absolute Gasteiger partial charge is 0.0671 e. The van der Waals surface area contributed by atoms with Crippen LogP contribution in [-0.2, 0) is 19.3 Å². The Morgan fingerprint density at radius 2 is 1.33 bits per heavy atom. The SMILES string of the molecule is CC1=Nc2cc3c(cc2C1)CC=C3.CC1=Nc2cc3ccccc3cc2C1. The number of rotatable bonds is 0. The number of allylic oxidation sites excluding steroid dienone is 1. The highest BCUT2D eigenvalue weighted by Gasteiger charge is 2.15. The first-order valence-electron chi connectivity index (χ1n) is 9.58. The van der Waals surface area contributed by atoms with Crippen LogP contribution in [0.3, 0.4) is 0 Å². The van der Waals surface area contributed by atoms with Gasteiger partial charge in [-0.25, -0.2) is 0 Å². The molecule has 0 amide bonds. The van der Waals surface area contributed by atoms with Gasteiger partial charge in [0.2, 0.25) is 0 Å². The molecule has 2 heteroatoms. The van der Waals surface area contributed by atoms with Crippen molar-refractivity contribution in [3.05, 3.63) is 76.9 Å². The van der Waals surface area contributed by atoms with Crippen LogP contribution < -0.4 is 0 Å². The van der Waals surface area contributed by atoms with Crippen molar-refractivity contribution in [3.63, 3.8) is 0 Å². The predicted octanol–water partition coefficient (Wildman–Crippen LogP) is 6.39. The lowest BCUT2D eigenvalue weighted by atomic mass is 10.0. The van der Waals surface area contributed by atoms with Crippen molar-refractivity contribution >= 4 is 39.6 Å². The Hall–Kier alpha value is -3.00. The van der Waals surface area contributed by atoms with Gasteiger partial charge in [-0.3, -0.25) is 9.98 Å². The number of hydrogen-bond acceptors (Lipinski definition) is 2. The zero-order valence-electron chi connectivity index (χ0n) is 15.8. The summed E-state index contributed by atoms with van der Waals surface area (Å²) >= 11 is 0. The summed E-state index contributed by atoms with van der Waals surface area (Å²) in [6.07, 6.45) is 7.57. The highest BCUT2D eigenvalue weighted by Crippen LogP contribution is 2.33. The van der Waals surface area contributed by atoms with E-state index >= 15 is 0 Å². The van der Waals surface area contributed by atoms with Gasteiger partial charge in [-0.1, -0.05) is 42.5 Å². The Kier molecular flexibility index (Phi) is 3.78. The molecule has 3 aromatic carbocycles. The summed E-state index contributed by atoms with van der Waals surface area (Å²) in [6.45, 7) is 4.19. The average Bonchev–Trinajstić information content (AvgIpc) is 3.33. The lowest BCUT2D eigenvalue weighted by Gasteiger charge is -2.02. The van der Waals surface area contributed by atoms with Gasteiger partial charge in [-0.15, -0.1) is 0 Å². The lowest BCUT2D eigenvalue weighted by molar-refractivity contribution is 1.27. The summed E-state index contributed by atoms with van der Waals surface area (Å²) in [4.78, 5) is 9.03. The minimum Gasteiger partial charge on any atom is -0.257 e. The van der Waals surface area contributed by atoms with Crippen LogP contribution in [0.1, 0.15) is 36.1 Å². The summed E-state index contributed by atoms with van der Waals surface area (Å²) in [5.74, 6) is 0. The topological polar surface area (TPSA) is 24.7 Å². The van der Waals surface area contributed by atoms with Crippen molar-refractivity contribution in [3.8, 4) is 0 Å². The van der Waals surface area contributed by atoms with E-state index < -0.39 is 0 Å². The van der Waals surface area contributed by atoms with E-state index in [1.54, 1.807) is 0 Å². The second-order valence-corrected chi connectivity index (χ2v) is 7.66. The molecule has 0 atom stereocenters. The van der Waals surface area contributed by atoms with Gasteiger partial charge >= 0.3 is 0 Å². The molecule has 0 spiro atoms. The van der Waals surface area contributed by atoms with Crippen LogP contribution in [0.2, 0.25) is 0 Å². The first-order valence-corrected chi connectivity index (χ1v) is 9.58. The van der Waals surface area contributed by atoms with Crippen molar-refractivity contribution in [2.45, 2.75) is 33.1 Å². The molecular formula is C25H22N2. The Morgan fingerprint density at radius 3 is 2.07 bits per heavy atom. The molecule has 132 valence electrons. The van der Waals surface area contributed by atoms with Gasteiger partial charge in [0.15, 0.2) is 0 Å². The average molecular weight is 350 g/mol. The third-order valence-electron chi connectivity index (χ3n) is 5.44. The van der Waals surface area contributed by atoms with Gasteiger partial charge in [0, 0.05) is 24.3 Å². The standard InChI is InChI=1S/C13H11N.C12H11N/c1-9-6-12-7-10-4-2-3-5-11(10)8-13(12)14-9;1-8-5-11-6-9-3-2-4-10(9)7-12(11)13-8/h2-5,7-8H,6H2,1H3;2,4,6-7H,3,5H2,1H3. The maximum absolute atomic E-state index is 4.52. The zero-order valence-corrected chi connectivity index (χ0v) is 15.8. The van der Waals surface area contributed by atoms with Gasteiger partial charge in [0.05, 0.1) is 11.4 Å². The third-order valence-corrected chi connectivity index (χ3v) is 5.44. The van der Waals surface area contributed by atoms with Gasteiger partial charge < -0.3 is 0 Å². The summed E-state index contributed by atoms with van der Waals surface area (Å²) in [5, 5.41) is 2.60. The van der Waals surface area contributed by atoms with Crippen LogP contribution in [-0.4, -0.2) is 11.4 Å². The molecule has 2 aliphatic heterocycles. The molecule has 0 saturated heterocycles. The molecule has 0 saturated carbocycles. The zero-order chi connectivity index (χ0) is 18.4. The number of fused-ring (bicyclic) bond motifs is 4. The second kappa shape index (κ2) is 6.31. The van der Waals surface area contributed by atoms with E-state index in [1.165, 1.54) is 50.1 Å². The molecule has 6 rings (SSSR count). The van der Waals surface area contributed by atoms with Crippen LogP contribution in [0.15, 0.2) is 64.6 Å². The van der Waals surface area contributed by atoms with Crippen LogP contribution in [0.4, 0.5) is 11.4 Å². The van der Waals surface area contributed by atoms with Gasteiger partial charge in [0.25, 0.3) is 0 Å². The summed E-state index contributed by atoms with van der Waals surface area (Å²) in [6, 6.07) is 17.4. The first kappa shape index (κ1) is 16.2. The highest BCUT2D eigenvalue weighted by molar-refractivity contribution is 5.96. The van der Waals surface area contributed by atoms with Crippen molar-refractivity contribution in [1.29, 1.82) is 0 Å². The fraction of sp³-hybridized carbons (Fsp3) is 0.200. The van der Waals surface area contributed by atoms with E-state index in [4.69, 9.17) is 0 Å². The molecule has 2 heterocycles. The number of nitrogens with zero attached hydrogens (tertiary/aromatic N) is 2. The largest absolute Gasteiger partial charge is 0.257 e.